The zero-order valence-corrected chi connectivity index (χ0v) is 23.4. The number of thioether (sulfide) groups is 1. The number of ether oxygens (including phenoxy) is 1. The van der Waals surface area contributed by atoms with Crippen LogP contribution in [0.15, 0.2) is 90.0 Å². The Morgan fingerprint density at radius 2 is 1.76 bits per heavy atom. The molecular formula is C30H26ClN3O2S2. The zero-order valence-electron chi connectivity index (χ0n) is 21.0. The van der Waals surface area contributed by atoms with Crippen molar-refractivity contribution >= 4 is 51.9 Å². The van der Waals surface area contributed by atoms with Crippen LogP contribution < -0.4 is 4.74 Å². The number of carbonyl (C=O) groups excluding carboxylic acids is 1. The molecule has 0 bridgehead atoms. The molecule has 0 radical (unpaired) electrons. The molecule has 1 aromatic heterocycles. The van der Waals surface area contributed by atoms with Gasteiger partial charge in [-0.1, -0.05) is 72.8 Å². The number of hydrogen-bond acceptors (Lipinski definition) is 5. The molecule has 5 nitrogen and oxygen atoms in total. The molecule has 1 amide bonds. The molecule has 1 aliphatic rings. The highest BCUT2D eigenvalue weighted by atomic mass is 35.5. The van der Waals surface area contributed by atoms with Gasteiger partial charge in [0.05, 0.1) is 16.3 Å². The summed E-state index contributed by atoms with van der Waals surface area (Å²) in [5.74, 6) is 0.695. The number of carbonyl (C=O) groups is 1. The Morgan fingerprint density at radius 1 is 1.05 bits per heavy atom. The Kier molecular flexibility index (Phi) is 7.98. The van der Waals surface area contributed by atoms with Crippen LogP contribution in [0.5, 0.6) is 5.75 Å². The Hall–Kier alpha value is -3.39. The van der Waals surface area contributed by atoms with Crippen molar-refractivity contribution in [3.8, 4) is 22.7 Å². The van der Waals surface area contributed by atoms with E-state index < -0.39 is 0 Å². The van der Waals surface area contributed by atoms with E-state index >= 15 is 0 Å². The maximum absolute atomic E-state index is 13.2. The predicted molar refractivity (Wildman–Crippen MR) is 160 cm³/mol. The molecule has 4 aromatic rings. The van der Waals surface area contributed by atoms with Gasteiger partial charge < -0.3 is 4.74 Å². The van der Waals surface area contributed by atoms with Gasteiger partial charge in [0.15, 0.2) is 0 Å². The topological polar surface area (TPSA) is 47.4 Å². The Labute approximate surface area is 237 Å². The minimum atomic E-state index is -0.0568. The number of halogens is 1. The van der Waals surface area contributed by atoms with Gasteiger partial charge in [0.25, 0.3) is 5.91 Å². The van der Waals surface area contributed by atoms with E-state index in [1.165, 1.54) is 11.8 Å². The molecule has 0 saturated carbocycles. The monoisotopic (exact) mass is 559 g/mol. The molecular weight excluding hydrogens is 534 g/mol. The summed E-state index contributed by atoms with van der Waals surface area (Å²) >= 11 is 12.8. The van der Waals surface area contributed by atoms with Gasteiger partial charge in [-0.2, -0.15) is 5.10 Å². The van der Waals surface area contributed by atoms with Crippen molar-refractivity contribution in [2.45, 2.75) is 32.9 Å². The number of aromatic nitrogens is 2. The van der Waals surface area contributed by atoms with Crippen LogP contribution >= 0.6 is 35.6 Å². The van der Waals surface area contributed by atoms with Crippen LogP contribution in [0, 0.1) is 0 Å². The van der Waals surface area contributed by atoms with Crippen molar-refractivity contribution in [3.05, 3.63) is 106 Å². The number of hydrogen-bond donors (Lipinski definition) is 0. The van der Waals surface area contributed by atoms with Gasteiger partial charge in [-0.25, -0.2) is 4.68 Å². The summed E-state index contributed by atoms with van der Waals surface area (Å²) in [6.07, 6.45) is 4.68. The van der Waals surface area contributed by atoms with Crippen LogP contribution in [0.1, 0.15) is 31.4 Å². The molecule has 5 rings (SSSR count). The maximum Gasteiger partial charge on any atom is 0.266 e. The fraction of sp³-hybridized carbons (Fsp3) is 0.167. The standard InChI is InChI=1S/C30H26ClN3O2S2/c1-3-20(2)34-29(35)27(38-30(34)37)17-23-18-33(25-7-5-4-6-8-25)32-28(23)22-11-15-26(16-12-22)36-19-21-9-13-24(31)14-10-21/h4-18,20H,3,19H2,1-2H3/b27-17+. The maximum atomic E-state index is 13.2. The first-order valence-corrected chi connectivity index (χ1v) is 13.9. The number of benzene rings is 3. The van der Waals surface area contributed by atoms with E-state index in [-0.39, 0.29) is 11.9 Å². The second-order valence-corrected chi connectivity index (χ2v) is 11.1. The lowest BCUT2D eigenvalue weighted by Crippen LogP contribution is -2.36. The number of amides is 1. The molecule has 1 saturated heterocycles. The van der Waals surface area contributed by atoms with E-state index in [1.54, 1.807) is 4.90 Å². The van der Waals surface area contributed by atoms with Gasteiger partial charge >= 0.3 is 0 Å². The first kappa shape index (κ1) is 26.2. The highest BCUT2D eigenvalue weighted by molar-refractivity contribution is 8.26. The Balaban J connectivity index is 1.45. The lowest BCUT2D eigenvalue weighted by Gasteiger charge is -2.21. The van der Waals surface area contributed by atoms with Crippen LogP contribution in [-0.2, 0) is 11.4 Å². The van der Waals surface area contributed by atoms with Crippen molar-refractivity contribution in [2.24, 2.45) is 0 Å². The summed E-state index contributed by atoms with van der Waals surface area (Å²) in [5, 5.41) is 5.59. The highest BCUT2D eigenvalue weighted by Crippen LogP contribution is 2.36. The first-order valence-electron chi connectivity index (χ1n) is 12.3. The minimum Gasteiger partial charge on any atom is -0.489 e. The van der Waals surface area contributed by atoms with Gasteiger partial charge in [0.1, 0.15) is 16.7 Å². The lowest BCUT2D eigenvalue weighted by atomic mass is 10.1. The zero-order chi connectivity index (χ0) is 26.6. The average Bonchev–Trinajstić information content (AvgIpc) is 3.49. The number of thiocarbonyl (C=S) groups is 1. The fourth-order valence-electron chi connectivity index (χ4n) is 4.07. The molecule has 1 unspecified atom stereocenters. The van der Waals surface area contributed by atoms with Crippen molar-refractivity contribution in [2.75, 3.05) is 0 Å². The molecule has 192 valence electrons. The smallest absolute Gasteiger partial charge is 0.266 e. The van der Waals surface area contributed by atoms with Gasteiger partial charge in [0, 0.05) is 28.4 Å². The van der Waals surface area contributed by atoms with Crippen molar-refractivity contribution in [1.82, 2.24) is 14.7 Å². The summed E-state index contributed by atoms with van der Waals surface area (Å²) in [6.45, 7) is 4.52. The molecule has 1 atom stereocenters. The largest absolute Gasteiger partial charge is 0.489 e. The van der Waals surface area contributed by atoms with Crippen LogP contribution in [0.3, 0.4) is 0 Å². The third-order valence-electron chi connectivity index (χ3n) is 6.35. The third kappa shape index (κ3) is 5.70. The lowest BCUT2D eigenvalue weighted by molar-refractivity contribution is -0.123. The SMILES string of the molecule is CCC(C)N1C(=O)/C(=C\c2cn(-c3ccccc3)nc2-c2ccc(OCc3ccc(Cl)cc3)cc2)SC1=S. The molecule has 1 aliphatic heterocycles. The van der Waals surface area contributed by atoms with Crippen LogP contribution in [0.25, 0.3) is 23.0 Å². The second kappa shape index (κ2) is 11.6. The molecule has 3 aromatic carbocycles. The second-order valence-electron chi connectivity index (χ2n) is 8.96. The summed E-state index contributed by atoms with van der Waals surface area (Å²) < 4.78 is 8.38. The van der Waals surface area contributed by atoms with Crippen LogP contribution in [-0.4, -0.2) is 30.9 Å². The number of rotatable bonds is 8. The molecule has 2 heterocycles. The number of para-hydroxylation sites is 1. The number of nitrogens with zero attached hydrogens (tertiary/aromatic N) is 3. The molecule has 0 aliphatic carbocycles. The average molecular weight is 560 g/mol. The van der Waals surface area contributed by atoms with Crippen LogP contribution in [0.2, 0.25) is 5.02 Å². The molecule has 0 spiro atoms. The van der Waals surface area contributed by atoms with Gasteiger partial charge in [-0.3, -0.25) is 9.69 Å². The molecule has 8 heteroatoms. The Morgan fingerprint density at radius 3 is 2.45 bits per heavy atom. The van der Waals surface area contributed by atoms with Gasteiger partial charge in [-0.15, -0.1) is 0 Å². The van der Waals surface area contributed by atoms with Gasteiger partial charge in [0.2, 0.25) is 0 Å². The van der Waals surface area contributed by atoms with Crippen molar-refractivity contribution in [1.29, 1.82) is 0 Å². The summed E-state index contributed by atoms with van der Waals surface area (Å²) in [7, 11) is 0. The Bertz CT molecular complexity index is 1480. The highest BCUT2D eigenvalue weighted by Gasteiger charge is 2.35. The van der Waals surface area contributed by atoms with E-state index in [0.29, 0.717) is 20.9 Å². The third-order valence-corrected chi connectivity index (χ3v) is 7.93. The normalized spacial score (nSPS) is 15.3. The first-order chi connectivity index (χ1) is 18.4. The van der Waals surface area contributed by atoms with E-state index in [2.05, 4.69) is 6.92 Å². The molecule has 1 fully saturated rings. The quantitative estimate of drug-likeness (QED) is 0.163. The summed E-state index contributed by atoms with van der Waals surface area (Å²) in [5.41, 5.74) is 4.50. The van der Waals surface area contributed by atoms with Crippen molar-refractivity contribution < 1.29 is 9.53 Å². The summed E-state index contributed by atoms with van der Waals surface area (Å²) in [6, 6.07) is 25.4. The molecule has 38 heavy (non-hydrogen) atoms. The van der Waals surface area contributed by atoms with Gasteiger partial charge in [-0.05, 0) is 73.5 Å². The molecule has 0 N–H and O–H groups in total. The van der Waals surface area contributed by atoms with Crippen molar-refractivity contribution in [3.63, 3.8) is 0 Å². The fourth-order valence-corrected chi connectivity index (χ4v) is 5.65. The summed E-state index contributed by atoms with van der Waals surface area (Å²) in [4.78, 5) is 15.5. The van der Waals surface area contributed by atoms with E-state index in [1.807, 2.05) is 103 Å². The van der Waals surface area contributed by atoms with Crippen LogP contribution in [0.4, 0.5) is 0 Å². The predicted octanol–water partition coefficient (Wildman–Crippen LogP) is 7.77. The van der Waals surface area contributed by atoms with E-state index in [4.69, 9.17) is 33.7 Å². The minimum absolute atomic E-state index is 0.0559. The van der Waals surface area contributed by atoms with E-state index in [9.17, 15) is 4.79 Å². The van der Waals surface area contributed by atoms with E-state index in [0.717, 1.165) is 40.2 Å².